The molecule has 0 radical (unpaired) electrons. The monoisotopic (exact) mass is 400 g/mol. The molecule has 1 fully saturated rings. The Balaban J connectivity index is 2.04. The lowest BCUT2D eigenvalue weighted by atomic mass is 10.0. The molecule has 1 saturated carbocycles. The van der Waals surface area contributed by atoms with Gasteiger partial charge >= 0.3 is 5.97 Å². The van der Waals surface area contributed by atoms with Gasteiger partial charge in [-0.05, 0) is 67.0 Å². The van der Waals surface area contributed by atoms with Gasteiger partial charge in [0, 0.05) is 16.6 Å². The maximum absolute atomic E-state index is 12.5. The summed E-state index contributed by atoms with van der Waals surface area (Å²) in [5, 5.41) is 4.02. The van der Waals surface area contributed by atoms with Crippen LogP contribution in [0.3, 0.4) is 0 Å². The molecule has 0 spiro atoms. The maximum atomic E-state index is 12.5. The summed E-state index contributed by atoms with van der Waals surface area (Å²) < 4.78 is 6.31. The van der Waals surface area contributed by atoms with E-state index in [0.29, 0.717) is 23.3 Å². The molecular weight excluding hydrogens is 384 g/mol. The van der Waals surface area contributed by atoms with Crippen LogP contribution in [-0.4, -0.2) is 28.6 Å². The van der Waals surface area contributed by atoms with Crippen LogP contribution >= 0.6 is 39.5 Å². The van der Waals surface area contributed by atoms with Gasteiger partial charge in [-0.3, -0.25) is 0 Å². The van der Waals surface area contributed by atoms with Crippen molar-refractivity contribution in [2.45, 2.75) is 38.8 Å². The van der Waals surface area contributed by atoms with E-state index < -0.39 is 0 Å². The topological polar surface area (TPSA) is 41.6 Å². The zero-order chi connectivity index (χ0) is 15.9. The Morgan fingerprint density at radius 2 is 2.27 bits per heavy atom. The van der Waals surface area contributed by atoms with Crippen molar-refractivity contribution < 1.29 is 9.53 Å². The number of halogens is 1. The van der Waals surface area contributed by atoms with Crippen LogP contribution in [0.4, 0.5) is 0 Å². The standard InChI is InChI=1S/C15H17BrN2O2S2/c1-3-20-14(19)12-8(2)18(9-4-5-9)15(21)17-13(12)10-6-7-11(16)22-10/h6-7,9,13H,3-5H2,1-2H3,(H,17,21)/t13-/m1/s1. The van der Waals surface area contributed by atoms with Crippen LogP contribution in [0.1, 0.15) is 37.6 Å². The first-order valence-electron chi connectivity index (χ1n) is 7.25. The van der Waals surface area contributed by atoms with Crippen LogP contribution in [0.2, 0.25) is 0 Å². The predicted molar refractivity (Wildman–Crippen MR) is 94.7 cm³/mol. The lowest BCUT2D eigenvalue weighted by Crippen LogP contribution is -2.48. The van der Waals surface area contributed by atoms with E-state index in [4.69, 9.17) is 17.0 Å². The summed E-state index contributed by atoms with van der Waals surface area (Å²) >= 11 is 10.6. The third-order valence-electron chi connectivity index (χ3n) is 3.81. The Labute approximate surface area is 147 Å². The van der Waals surface area contributed by atoms with E-state index in [1.807, 2.05) is 26.0 Å². The SMILES string of the molecule is CCOC(=O)C1=C(C)N(C2CC2)C(=S)N[C@@H]1c1ccc(Br)s1. The van der Waals surface area contributed by atoms with Crippen LogP contribution in [-0.2, 0) is 9.53 Å². The number of carbonyl (C=O) groups is 1. The number of nitrogens with one attached hydrogen (secondary N) is 1. The number of nitrogens with zero attached hydrogens (tertiary/aromatic N) is 1. The Bertz CT molecular complexity index is 652. The van der Waals surface area contributed by atoms with Crippen molar-refractivity contribution in [3.8, 4) is 0 Å². The molecule has 7 heteroatoms. The Morgan fingerprint density at radius 3 is 2.82 bits per heavy atom. The molecule has 1 aromatic rings. The normalized spacial score (nSPS) is 21.9. The van der Waals surface area contributed by atoms with Crippen LogP contribution in [0, 0.1) is 0 Å². The van der Waals surface area contributed by atoms with Crippen molar-refractivity contribution in [2.24, 2.45) is 0 Å². The van der Waals surface area contributed by atoms with Gasteiger partial charge in [-0.25, -0.2) is 4.79 Å². The zero-order valence-corrected chi connectivity index (χ0v) is 15.6. The lowest BCUT2D eigenvalue weighted by molar-refractivity contribution is -0.139. The molecule has 118 valence electrons. The number of ether oxygens (including phenoxy) is 1. The second-order valence-electron chi connectivity index (χ2n) is 5.35. The molecule has 0 amide bonds. The minimum Gasteiger partial charge on any atom is -0.463 e. The zero-order valence-electron chi connectivity index (χ0n) is 12.4. The van der Waals surface area contributed by atoms with Crippen molar-refractivity contribution in [3.63, 3.8) is 0 Å². The molecule has 0 saturated heterocycles. The van der Waals surface area contributed by atoms with Crippen LogP contribution < -0.4 is 5.32 Å². The summed E-state index contributed by atoms with van der Waals surface area (Å²) in [6.45, 7) is 4.15. The number of rotatable bonds is 4. The van der Waals surface area contributed by atoms with Crippen LogP contribution in [0.5, 0.6) is 0 Å². The second kappa shape index (κ2) is 6.29. The third kappa shape index (κ3) is 2.94. The highest BCUT2D eigenvalue weighted by atomic mass is 79.9. The molecule has 1 aromatic heterocycles. The summed E-state index contributed by atoms with van der Waals surface area (Å²) in [6, 6.07) is 4.17. The van der Waals surface area contributed by atoms with E-state index in [1.54, 1.807) is 11.3 Å². The Morgan fingerprint density at radius 1 is 1.55 bits per heavy atom. The lowest BCUT2D eigenvalue weighted by Gasteiger charge is -2.37. The predicted octanol–water partition coefficient (Wildman–Crippen LogP) is 3.74. The van der Waals surface area contributed by atoms with E-state index in [2.05, 4.69) is 26.1 Å². The number of allylic oxidation sites excluding steroid dienone is 1. The molecule has 1 atom stereocenters. The molecule has 0 aromatic carbocycles. The second-order valence-corrected chi connectivity index (χ2v) is 8.23. The molecule has 2 heterocycles. The highest BCUT2D eigenvalue weighted by Gasteiger charge is 2.41. The average molecular weight is 401 g/mol. The van der Waals surface area contributed by atoms with Crippen molar-refractivity contribution in [1.29, 1.82) is 0 Å². The fraction of sp³-hybridized carbons (Fsp3) is 0.467. The van der Waals surface area contributed by atoms with E-state index in [9.17, 15) is 4.79 Å². The number of thiocarbonyl (C=S) groups is 1. The largest absolute Gasteiger partial charge is 0.463 e. The quantitative estimate of drug-likeness (QED) is 0.615. The maximum Gasteiger partial charge on any atom is 0.338 e. The van der Waals surface area contributed by atoms with Gasteiger partial charge in [0.05, 0.1) is 22.0 Å². The molecule has 1 N–H and O–H groups in total. The van der Waals surface area contributed by atoms with E-state index in [0.717, 1.165) is 27.2 Å². The van der Waals surface area contributed by atoms with Gasteiger partial charge in [0.2, 0.25) is 0 Å². The fourth-order valence-corrected chi connectivity index (χ4v) is 4.59. The van der Waals surface area contributed by atoms with Gasteiger partial charge in [-0.1, -0.05) is 0 Å². The molecule has 0 unspecified atom stereocenters. The van der Waals surface area contributed by atoms with Gasteiger partial charge in [0.25, 0.3) is 0 Å². The number of thiophene rings is 1. The first-order chi connectivity index (χ1) is 10.5. The molecule has 3 rings (SSSR count). The smallest absolute Gasteiger partial charge is 0.338 e. The summed E-state index contributed by atoms with van der Waals surface area (Å²) in [7, 11) is 0. The Kier molecular flexibility index (Phi) is 4.56. The number of carbonyl (C=O) groups excluding carboxylic acids is 1. The average Bonchev–Trinajstić information content (AvgIpc) is 3.19. The van der Waals surface area contributed by atoms with E-state index in [1.165, 1.54) is 0 Å². The highest BCUT2D eigenvalue weighted by Crippen LogP contribution is 2.40. The van der Waals surface area contributed by atoms with Crippen molar-refractivity contribution >= 4 is 50.6 Å². The molecule has 22 heavy (non-hydrogen) atoms. The number of hydrogen-bond acceptors (Lipinski definition) is 4. The minimum absolute atomic E-state index is 0.238. The first-order valence-corrected chi connectivity index (χ1v) is 9.27. The molecule has 0 bridgehead atoms. The van der Waals surface area contributed by atoms with Gasteiger partial charge < -0.3 is 15.0 Å². The Hall–Kier alpha value is -0.920. The van der Waals surface area contributed by atoms with Gasteiger partial charge in [0.15, 0.2) is 5.11 Å². The summed E-state index contributed by atoms with van der Waals surface area (Å²) in [5.74, 6) is -0.268. The van der Waals surface area contributed by atoms with Gasteiger partial charge in [-0.15, -0.1) is 11.3 Å². The van der Waals surface area contributed by atoms with Crippen molar-refractivity contribution in [3.05, 3.63) is 32.1 Å². The van der Waals surface area contributed by atoms with Crippen LogP contribution in [0.15, 0.2) is 27.2 Å². The summed E-state index contributed by atoms with van der Waals surface area (Å²) in [4.78, 5) is 15.6. The number of hydrogen-bond donors (Lipinski definition) is 1. The molecule has 1 aliphatic heterocycles. The number of esters is 1. The molecule has 4 nitrogen and oxygen atoms in total. The van der Waals surface area contributed by atoms with E-state index >= 15 is 0 Å². The van der Waals surface area contributed by atoms with Gasteiger partial charge in [-0.2, -0.15) is 0 Å². The first kappa shape index (κ1) is 16.0. The highest BCUT2D eigenvalue weighted by molar-refractivity contribution is 9.11. The van der Waals surface area contributed by atoms with Crippen molar-refractivity contribution in [1.82, 2.24) is 10.2 Å². The summed E-state index contributed by atoms with van der Waals surface area (Å²) in [5.41, 5.74) is 1.58. The van der Waals surface area contributed by atoms with Crippen molar-refractivity contribution in [2.75, 3.05) is 6.61 Å². The third-order valence-corrected chi connectivity index (χ3v) is 5.82. The molecule has 2 aliphatic rings. The van der Waals surface area contributed by atoms with E-state index in [-0.39, 0.29) is 12.0 Å². The molecular formula is C15H17BrN2O2S2. The van der Waals surface area contributed by atoms with Crippen LogP contribution in [0.25, 0.3) is 0 Å². The molecule has 1 aliphatic carbocycles. The van der Waals surface area contributed by atoms with Gasteiger partial charge in [0.1, 0.15) is 0 Å². The minimum atomic E-state index is -0.268. The summed E-state index contributed by atoms with van der Waals surface area (Å²) in [6.07, 6.45) is 2.23. The fourth-order valence-electron chi connectivity index (χ4n) is 2.70.